The molecule has 2 rings (SSSR count). The zero-order valence-electron chi connectivity index (χ0n) is 10.2. The van der Waals surface area contributed by atoms with Crippen LogP contribution >= 0.6 is 0 Å². The van der Waals surface area contributed by atoms with Gasteiger partial charge in [-0.05, 0) is 18.6 Å². The highest BCUT2D eigenvalue weighted by Crippen LogP contribution is 2.22. The fraction of sp³-hybridized carbons (Fsp3) is 0.250. The topological polar surface area (TPSA) is 118 Å². The van der Waals surface area contributed by atoms with Crippen molar-refractivity contribution in [2.24, 2.45) is 0 Å². The van der Waals surface area contributed by atoms with Crippen LogP contribution in [0.25, 0.3) is 0 Å². The third-order valence-electron chi connectivity index (χ3n) is 3.04. The van der Waals surface area contributed by atoms with Crippen molar-refractivity contribution in [1.82, 2.24) is 4.90 Å². The molecular formula is C12H10N2O6. The lowest BCUT2D eigenvalue weighted by Crippen LogP contribution is -2.42. The molecule has 1 aromatic carbocycles. The smallest absolute Gasteiger partial charge is 0.326 e. The summed E-state index contributed by atoms with van der Waals surface area (Å²) in [7, 11) is 0. The minimum atomic E-state index is -1.24. The van der Waals surface area contributed by atoms with Gasteiger partial charge in [-0.2, -0.15) is 0 Å². The van der Waals surface area contributed by atoms with Crippen molar-refractivity contribution in [3.8, 4) is 0 Å². The Bertz CT molecular complexity index is 594. The summed E-state index contributed by atoms with van der Waals surface area (Å²) in [5.41, 5.74) is -0.152. The minimum absolute atomic E-state index is 0.00428. The first-order chi connectivity index (χ1) is 9.41. The summed E-state index contributed by atoms with van der Waals surface area (Å²) in [6.07, 6.45) is 0.0720. The molecule has 20 heavy (non-hydrogen) atoms. The molecule has 1 aromatic rings. The van der Waals surface area contributed by atoms with Gasteiger partial charge < -0.3 is 5.11 Å². The molecule has 1 atom stereocenters. The number of nitro benzene ring substituents is 1. The van der Waals surface area contributed by atoms with Crippen molar-refractivity contribution >= 4 is 23.5 Å². The van der Waals surface area contributed by atoms with Crippen LogP contribution in [0.1, 0.15) is 23.2 Å². The van der Waals surface area contributed by atoms with Gasteiger partial charge in [0.15, 0.2) is 0 Å². The molecular weight excluding hydrogens is 268 g/mol. The molecule has 1 N–H and O–H groups in total. The number of carbonyl (C=O) groups is 3. The molecule has 1 aliphatic heterocycles. The molecule has 1 saturated heterocycles. The Kier molecular flexibility index (Phi) is 3.47. The van der Waals surface area contributed by atoms with Gasteiger partial charge in [-0.1, -0.05) is 0 Å². The maximum Gasteiger partial charge on any atom is 0.326 e. The molecule has 104 valence electrons. The van der Waals surface area contributed by atoms with E-state index in [9.17, 15) is 24.5 Å². The first-order valence-corrected chi connectivity index (χ1v) is 5.75. The van der Waals surface area contributed by atoms with Crippen molar-refractivity contribution in [3.63, 3.8) is 0 Å². The molecule has 8 heteroatoms. The molecule has 2 amide bonds. The molecule has 0 aliphatic carbocycles. The van der Waals surface area contributed by atoms with Crippen LogP contribution in [0.4, 0.5) is 5.69 Å². The summed E-state index contributed by atoms with van der Waals surface area (Å²) in [5.74, 6) is -2.55. The number of non-ortho nitro benzene ring substituents is 1. The Hall–Kier alpha value is -2.77. The number of hydrogen-bond acceptors (Lipinski definition) is 5. The lowest BCUT2D eigenvalue weighted by atomic mass is 10.1. The predicted molar refractivity (Wildman–Crippen MR) is 64.9 cm³/mol. The van der Waals surface area contributed by atoms with E-state index >= 15 is 0 Å². The van der Waals surface area contributed by atoms with Crippen LogP contribution < -0.4 is 0 Å². The van der Waals surface area contributed by atoms with Crippen LogP contribution in [0.3, 0.4) is 0 Å². The molecule has 0 spiro atoms. The third kappa shape index (κ3) is 2.35. The largest absolute Gasteiger partial charge is 0.480 e. The SMILES string of the molecule is O=C(O)[C@@H]1CCC(=O)N1C(=O)c1ccc([N+](=O)[O-])cc1. The van der Waals surface area contributed by atoms with E-state index in [1.807, 2.05) is 0 Å². The zero-order chi connectivity index (χ0) is 14.9. The van der Waals surface area contributed by atoms with Crippen molar-refractivity contribution in [2.45, 2.75) is 18.9 Å². The number of hydrogen-bond donors (Lipinski definition) is 1. The van der Waals surface area contributed by atoms with Gasteiger partial charge in [0.2, 0.25) is 5.91 Å². The maximum atomic E-state index is 12.1. The van der Waals surface area contributed by atoms with E-state index in [4.69, 9.17) is 5.11 Å². The number of carbonyl (C=O) groups excluding carboxylic acids is 2. The van der Waals surface area contributed by atoms with Crippen LogP contribution in [0.15, 0.2) is 24.3 Å². The number of nitrogens with zero attached hydrogens (tertiary/aromatic N) is 2. The standard InChI is InChI=1S/C12H10N2O6/c15-10-6-5-9(12(17)18)13(10)11(16)7-1-3-8(4-2-7)14(19)20/h1-4,9H,5-6H2,(H,17,18)/t9-/m0/s1. The van der Waals surface area contributed by atoms with Gasteiger partial charge in [0.1, 0.15) is 6.04 Å². The molecule has 0 aromatic heterocycles. The van der Waals surface area contributed by atoms with Crippen LogP contribution in [-0.2, 0) is 9.59 Å². The monoisotopic (exact) mass is 278 g/mol. The Morgan fingerprint density at radius 3 is 2.40 bits per heavy atom. The van der Waals surface area contributed by atoms with Crippen LogP contribution in [0, 0.1) is 10.1 Å². The summed E-state index contributed by atoms with van der Waals surface area (Å²) in [5, 5.41) is 19.5. The Morgan fingerprint density at radius 2 is 1.90 bits per heavy atom. The van der Waals surface area contributed by atoms with Gasteiger partial charge in [-0.15, -0.1) is 0 Å². The highest BCUT2D eigenvalue weighted by Gasteiger charge is 2.40. The van der Waals surface area contributed by atoms with Gasteiger partial charge in [0.05, 0.1) is 4.92 Å². The number of amides is 2. The molecule has 0 bridgehead atoms. The van der Waals surface area contributed by atoms with Gasteiger partial charge in [0, 0.05) is 24.1 Å². The zero-order valence-corrected chi connectivity index (χ0v) is 10.2. The number of nitro groups is 1. The molecule has 0 unspecified atom stereocenters. The van der Waals surface area contributed by atoms with E-state index in [1.54, 1.807) is 0 Å². The highest BCUT2D eigenvalue weighted by atomic mass is 16.6. The summed E-state index contributed by atoms with van der Waals surface area (Å²) < 4.78 is 0. The van der Waals surface area contributed by atoms with Crippen molar-refractivity contribution in [1.29, 1.82) is 0 Å². The van der Waals surface area contributed by atoms with E-state index in [0.717, 1.165) is 12.1 Å². The van der Waals surface area contributed by atoms with E-state index in [-0.39, 0.29) is 24.1 Å². The fourth-order valence-corrected chi connectivity index (χ4v) is 2.04. The number of rotatable bonds is 3. The van der Waals surface area contributed by atoms with Gasteiger partial charge in [0.25, 0.3) is 11.6 Å². The van der Waals surface area contributed by atoms with E-state index in [1.165, 1.54) is 12.1 Å². The molecule has 1 fully saturated rings. The van der Waals surface area contributed by atoms with Crippen molar-refractivity contribution < 1.29 is 24.4 Å². The third-order valence-corrected chi connectivity index (χ3v) is 3.04. The number of carboxylic acids is 1. The van der Waals surface area contributed by atoms with E-state index < -0.39 is 28.7 Å². The van der Waals surface area contributed by atoms with Gasteiger partial charge >= 0.3 is 5.97 Å². The number of likely N-dealkylation sites (tertiary alicyclic amines) is 1. The summed E-state index contributed by atoms with van der Waals surface area (Å²) in [6, 6.07) is 3.48. The normalized spacial score (nSPS) is 18.1. The Balaban J connectivity index is 2.28. The summed E-state index contributed by atoms with van der Waals surface area (Å²) in [6.45, 7) is 0. The summed E-state index contributed by atoms with van der Waals surface area (Å²) >= 11 is 0. The fourth-order valence-electron chi connectivity index (χ4n) is 2.04. The van der Waals surface area contributed by atoms with E-state index in [2.05, 4.69) is 0 Å². The first kappa shape index (κ1) is 13.7. The quantitative estimate of drug-likeness (QED) is 0.496. The molecule has 1 aliphatic rings. The second-order valence-electron chi connectivity index (χ2n) is 4.27. The van der Waals surface area contributed by atoms with Crippen molar-refractivity contribution in [2.75, 3.05) is 0 Å². The van der Waals surface area contributed by atoms with Crippen molar-refractivity contribution in [3.05, 3.63) is 39.9 Å². The van der Waals surface area contributed by atoms with Crippen LogP contribution in [-0.4, -0.2) is 38.8 Å². The Labute approximate surface area is 112 Å². The number of benzene rings is 1. The average molecular weight is 278 g/mol. The minimum Gasteiger partial charge on any atom is -0.480 e. The lowest BCUT2D eigenvalue weighted by Gasteiger charge is -2.19. The second kappa shape index (κ2) is 5.08. The molecule has 8 nitrogen and oxygen atoms in total. The first-order valence-electron chi connectivity index (χ1n) is 5.75. The lowest BCUT2D eigenvalue weighted by molar-refractivity contribution is -0.384. The number of imide groups is 1. The molecule has 0 radical (unpaired) electrons. The number of aliphatic carboxylic acids is 1. The predicted octanol–water partition coefficient (Wildman–Crippen LogP) is 0.811. The van der Waals surface area contributed by atoms with Crippen LogP contribution in [0.2, 0.25) is 0 Å². The van der Waals surface area contributed by atoms with Gasteiger partial charge in [-0.25, -0.2) is 4.79 Å². The van der Waals surface area contributed by atoms with Crippen LogP contribution in [0.5, 0.6) is 0 Å². The maximum absolute atomic E-state index is 12.1. The average Bonchev–Trinajstić information content (AvgIpc) is 2.80. The highest BCUT2D eigenvalue weighted by molar-refractivity contribution is 6.08. The second-order valence-corrected chi connectivity index (χ2v) is 4.27. The summed E-state index contributed by atoms with van der Waals surface area (Å²) in [4.78, 5) is 45.3. The number of carboxylic acid groups (broad SMARTS) is 1. The molecule has 0 saturated carbocycles. The van der Waals surface area contributed by atoms with E-state index in [0.29, 0.717) is 4.90 Å². The van der Waals surface area contributed by atoms with Gasteiger partial charge in [-0.3, -0.25) is 24.6 Å². The molecule has 1 heterocycles. The Morgan fingerprint density at radius 1 is 1.30 bits per heavy atom.